The highest BCUT2D eigenvalue weighted by molar-refractivity contribution is 7.99. The monoisotopic (exact) mass is 301 g/mol. The molecule has 0 radical (unpaired) electrons. The van der Waals surface area contributed by atoms with Gasteiger partial charge in [0.15, 0.2) is 0 Å². The molecular formula is C12H19N3O2S2. The maximum atomic E-state index is 12.0. The third kappa shape index (κ3) is 4.42. The molecule has 2 heterocycles. The van der Waals surface area contributed by atoms with E-state index in [-0.39, 0.29) is 5.91 Å². The van der Waals surface area contributed by atoms with Crippen molar-refractivity contribution in [2.45, 2.75) is 30.7 Å². The number of aromatic nitrogens is 2. The zero-order valence-electron chi connectivity index (χ0n) is 11.3. The molecule has 7 heteroatoms. The van der Waals surface area contributed by atoms with E-state index in [1.165, 1.54) is 11.8 Å². The summed E-state index contributed by atoms with van der Waals surface area (Å²) in [6.45, 7) is 3.99. The Balaban J connectivity index is 1.76. The molecule has 0 aromatic carbocycles. The number of hydrogen-bond acceptors (Lipinski definition) is 6. The van der Waals surface area contributed by atoms with Gasteiger partial charge in [0, 0.05) is 13.1 Å². The van der Waals surface area contributed by atoms with Crippen molar-refractivity contribution >= 4 is 29.4 Å². The van der Waals surface area contributed by atoms with Crippen molar-refractivity contribution < 1.29 is 9.21 Å². The topological polar surface area (TPSA) is 59.2 Å². The second-order valence-corrected chi connectivity index (χ2v) is 6.54. The number of rotatable bonds is 5. The third-order valence-corrected chi connectivity index (χ3v) is 4.51. The smallest absolute Gasteiger partial charge is 0.277 e. The Bertz CT molecular complexity index is 417. The molecule has 0 N–H and O–H groups in total. The molecule has 0 aliphatic carbocycles. The minimum Gasteiger partial charge on any atom is -0.415 e. The number of piperidine rings is 1. The summed E-state index contributed by atoms with van der Waals surface area (Å²) < 4.78 is 5.43. The van der Waals surface area contributed by atoms with Crippen molar-refractivity contribution in [1.82, 2.24) is 15.1 Å². The summed E-state index contributed by atoms with van der Waals surface area (Å²) in [5, 5.41) is 8.34. The summed E-state index contributed by atoms with van der Waals surface area (Å²) in [6, 6.07) is 0. The lowest BCUT2D eigenvalue weighted by molar-refractivity contribution is -0.129. The zero-order valence-corrected chi connectivity index (χ0v) is 12.9. The lowest BCUT2D eigenvalue weighted by atomic mass is 9.99. The van der Waals surface area contributed by atoms with Crippen LogP contribution in [-0.4, -0.2) is 46.1 Å². The van der Waals surface area contributed by atoms with Crippen LogP contribution in [0.5, 0.6) is 0 Å². The molecule has 0 atom stereocenters. The standard InChI is InChI=1S/C12H19N3O2S2/c1-9-3-5-15(6-4-9)11(16)8-19-12-14-13-10(17-12)7-18-2/h9H,3-8H2,1-2H3. The maximum Gasteiger partial charge on any atom is 0.277 e. The van der Waals surface area contributed by atoms with E-state index in [1.54, 1.807) is 11.8 Å². The van der Waals surface area contributed by atoms with Gasteiger partial charge in [0.25, 0.3) is 5.22 Å². The van der Waals surface area contributed by atoms with Crippen LogP contribution in [0.3, 0.4) is 0 Å². The molecule has 106 valence electrons. The van der Waals surface area contributed by atoms with E-state index in [4.69, 9.17) is 4.42 Å². The van der Waals surface area contributed by atoms with Crippen LogP contribution in [0.2, 0.25) is 0 Å². The van der Waals surface area contributed by atoms with Crippen molar-refractivity contribution in [3.05, 3.63) is 5.89 Å². The number of likely N-dealkylation sites (tertiary alicyclic amines) is 1. The van der Waals surface area contributed by atoms with Gasteiger partial charge in [-0.25, -0.2) is 0 Å². The van der Waals surface area contributed by atoms with E-state index in [0.29, 0.717) is 22.6 Å². The minimum absolute atomic E-state index is 0.168. The predicted octanol–water partition coefficient (Wildman–Crippen LogP) is 2.28. The molecule has 1 fully saturated rings. The molecule has 2 rings (SSSR count). The molecule has 19 heavy (non-hydrogen) atoms. The number of hydrogen-bond donors (Lipinski definition) is 0. The Labute approximate surface area is 121 Å². The number of carbonyl (C=O) groups is 1. The van der Waals surface area contributed by atoms with Gasteiger partial charge in [0.2, 0.25) is 11.8 Å². The average molecular weight is 301 g/mol. The summed E-state index contributed by atoms with van der Waals surface area (Å²) in [6.07, 6.45) is 4.20. The van der Waals surface area contributed by atoms with Crippen LogP contribution in [0.1, 0.15) is 25.7 Å². The number of carbonyl (C=O) groups excluding carboxylic acids is 1. The Morgan fingerprint density at radius 3 is 2.84 bits per heavy atom. The van der Waals surface area contributed by atoms with E-state index in [2.05, 4.69) is 17.1 Å². The number of nitrogens with zero attached hydrogens (tertiary/aromatic N) is 3. The zero-order chi connectivity index (χ0) is 13.7. The molecule has 0 saturated carbocycles. The van der Waals surface area contributed by atoms with Crippen LogP contribution in [-0.2, 0) is 10.5 Å². The van der Waals surface area contributed by atoms with Crippen LogP contribution < -0.4 is 0 Å². The average Bonchev–Trinajstić information content (AvgIpc) is 2.85. The van der Waals surface area contributed by atoms with Crippen LogP contribution in [0.15, 0.2) is 9.64 Å². The second-order valence-electron chi connectivity index (χ2n) is 4.75. The third-order valence-electron chi connectivity index (χ3n) is 3.17. The number of amides is 1. The van der Waals surface area contributed by atoms with Gasteiger partial charge in [-0.1, -0.05) is 18.7 Å². The summed E-state index contributed by atoms with van der Waals surface area (Å²) in [5.74, 6) is 2.62. The van der Waals surface area contributed by atoms with Crippen molar-refractivity contribution in [3.63, 3.8) is 0 Å². The summed E-state index contributed by atoms with van der Waals surface area (Å²) in [4.78, 5) is 14.0. The van der Waals surface area contributed by atoms with Crippen molar-refractivity contribution in [3.8, 4) is 0 Å². The van der Waals surface area contributed by atoms with Crippen LogP contribution in [0.25, 0.3) is 0 Å². The van der Waals surface area contributed by atoms with E-state index in [1.807, 2.05) is 11.2 Å². The largest absolute Gasteiger partial charge is 0.415 e. The first-order chi connectivity index (χ1) is 9.19. The van der Waals surface area contributed by atoms with Gasteiger partial charge in [-0.15, -0.1) is 10.2 Å². The molecule has 1 aliphatic heterocycles. The molecule has 0 unspecified atom stereocenters. The number of thioether (sulfide) groups is 2. The first kappa shape index (κ1) is 14.7. The minimum atomic E-state index is 0.168. The van der Waals surface area contributed by atoms with E-state index in [0.717, 1.165) is 31.8 Å². The Kier molecular flexibility index (Phi) is 5.57. The Morgan fingerprint density at radius 2 is 2.16 bits per heavy atom. The molecule has 1 amide bonds. The fourth-order valence-corrected chi connectivity index (χ4v) is 3.00. The summed E-state index contributed by atoms with van der Waals surface area (Å²) in [5.41, 5.74) is 0. The second kappa shape index (κ2) is 7.19. The van der Waals surface area contributed by atoms with Gasteiger partial charge in [0.05, 0.1) is 11.5 Å². The lowest BCUT2D eigenvalue weighted by Gasteiger charge is -2.30. The molecule has 1 saturated heterocycles. The molecule has 5 nitrogen and oxygen atoms in total. The highest BCUT2D eigenvalue weighted by atomic mass is 32.2. The SMILES string of the molecule is CSCc1nnc(SCC(=O)N2CCC(C)CC2)o1. The van der Waals surface area contributed by atoms with Crippen LogP contribution in [0, 0.1) is 5.92 Å². The van der Waals surface area contributed by atoms with Crippen LogP contribution >= 0.6 is 23.5 Å². The molecule has 0 spiro atoms. The highest BCUT2D eigenvalue weighted by Crippen LogP contribution is 2.21. The molecule has 1 aliphatic rings. The Hall–Kier alpha value is -0.690. The van der Waals surface area contributed by atoms with Gasteiger partial charge >= 0.3 is 0 Å². The normalized spacial score (nSPS) is 16.8. The summed E-state index contributed by atoms with van der Waals surface area (Å²) >= 11 is 2.96. The van der Waals surface area contributed by atoms with Gasteiger partial charge < -0.3 is 9.32 Å². The fraction of sp³-hybridized carbons (Fsp3) is 0.750. The molecular weight excluding hydrogens is 282 g/mol. The van der Waals surface area contributed by atoms with Gasteiger partial charge in [-0.05, 0) is 25.0 Å². The molecule has 1 aromatic rings. The molecule has 1 aromatic heterocycles. The van der Waals surface area contributed by atoms with E-state index in [9.17, 15) is 4.79 Å². The van der Waals surface area contributed by atoms with E-state index >= 15 is 0 Å². The Morgan fingerprint density at radius 1 is 1.42 bits per heavy atom. The first-order valence-electron chi connectivity index (χ1n) is 6.41. The van der Waals surface area contributed by atoms with Crippen LogP contribution in [0.4, 0.5) is 0 Å². The lowest BCUT2D eigenvalue weighted by Crippen LogP contribution is -2.38. The molecule has 0 bridgehead atoms. The van der Waals surface area contributed by atoms with E-state index < -0.39 is 0 Å². The van der Waals surface area contributed by atoms with Crippen molar-refractivity contribution in [1.29, 1.82) is 0 Å². The highest BCUT2D eigenvalue weighted by Gasteiger charge is 2.20. The first-order valence-corrected chi connectivity index (χ1v) is 8.79. The summed E-state index contributed by atoms with van der Waals surface area (Å²) in [7, 11) is 0. The fourth-order valence-electron chi connectivity index (χ4n) is 1.95. The van der Waals surface area contributed by atoms with Gasteiger partial charge in [-0.3, -0.25) is 4.79 Å². The van der Waals surface area contributed by atoms with Crippen molar-refractivity contribution in [2.75, 3.05) is 25.1 Å². The van der Waals surface area contributed by atoms with Gasteiger partial charge in [-0.2, -0.15) is 11.8 Å². The van der Waals surface area contributed by atoms with Gasteiger partial charge in [0.1, 0.15) is 0 Å². The maximum absolute atomic E-state index is 12.0. The van der Waals surface area contributed by atoms with Crippen molar-refractivity contribution in [2.24, 2.45) is 5.92 Å². The quantitative estimate of drug-likeness (QED) is 0.778. The predicted molar refractivity (Wildman–Crippen MR) is 77.2 cm³/mol.